The zero-order valence-electron chi connectivity index (χ0n) is 12.1. The molecule has 122 valence electrons. The molecule has 0 N–H and O–H groups in total. The van der Waals surface area contributed by atoms with Crippen LogP contribution >= 0.6 is 12.0 Å². The van der Waals surface area contributed by atoms with Crippen LogP contribution in [0.4, 0.5) is 8.78 Å². The van der Waals surface area contributed by atoms with Crippen molar-refractivity contribution < 1.29 is 27.9 Å². The fraction of sp³-hybridized carbons (Fsp3) is 0.533. The summed E-state index contributed by atoms with van der Waals surface area (Å²) >= 11 is -0.734. The summed E-state index contributed by atoms with van der Waals surface area (Å²) in [6.45, 7) is 2.02. The number of ether oxygens (including phenoxy) is 1. The molecule has 22 heavy (non-hydrogen) atoms. The van der Waals surface area contributed by atoms with E-state index in [9.17, 15) is 18.8 Å². The molecule has 0 heterocycles. The third kappa shape index (κ3) is 4.41. The van der Waals surface area contributed by atoms with E-state index in [1.54, 1.807) is 0 Å². The van der Waals surface area contributed by atoms with Gasteiger partial charge in [0.05, 0.1) is 12.0 Å². The van der Waals surface area contributed by atoms with Gasteiger partial charge in [-0.3, -0.25) is 0 Å². The van der Waals surface area contributed by atoms with Crippen molar-refractivity contribution in [1.82, 2.24) is 0 Å². The van der Waals surface area contributed by atoms with Gasteiger partial charge in [-0.1, -0.05) is 29.8 Å². The van der Waals surface area contributed by atoms with Gasteiger partial charge >= 0.3 is 11.2 Å². The normalized spacial score (nSPS) is 22.4. The predicted octanol–water partition coefficient (Wildman–Crippen LogP) is 3.10. The Kier molecular flexibility index (Phi) is 5.77. The van der Waals surface area contributed by atoms with Crippen LogP contribution in [-0.2, 0) is 13.9 Å². The maximum atomic E-state index is 13.1. The van der Waals surface area contributed by atoms with Crippen molar-refractivity contribution in [3.05, 3.63) is 35.4 Å². The number of alkyl halides is 2. The van der Waals surface area contributed by atoms with Crippen LogP contribution in [0.1, 0.15) is 42.7 Å². The van der Waals surface area contributed by atoms with E-state index in [1.165, 1.54) is 11.1 Å². The number of benzene rings is 1. The summed E-state index contributed by atoms with van der Waals surface area (Å²) in [4.78, 5) is 11.3. The molecule has 1 saturated carbocycles. The molecule has 7 heteroatoms. The topological polar surface area (TPSA) is 58.6 Å². The summed E-state index contributed by atoms with van der Waals surface area (Å²) in [5.41, 5.74) is 2.41. The highest BCUT2D eigenvalue weighted by atomic mass is 32.2. The first kappa shape index (κ1) is 17.2. The molecule has 1 aromatic rings. The van der Waals surface area contributed by atoms with Gasteiger partial charge in [-0.15, -0.1) is 0 Å². The summed E-state index contributed by atoms with van der Waals surface area (Å²) < 4.78 is 34.0. The molecule has 1 aliphatic carbocycles. The van der Waals surface area contributed by atoms with Gasteiger partial charge in [0.15, 0.2) is 0 Å². The van der Waals surface area contributed by atoms with Gasteiger partial charge in [0.25, 0.3) is 0 Å². The molecular formula is C15H17F2O4S-. The van der Waals surface area contributed by atoms with Crippen LogP contribution in [0.5, 0.6) is 0 Å². The van der Waals surface area contributed by atoms with Crippen molar-refractivity contribution in [1.29, 1.82) is 0 Å². The van der Waals surface area contributed by atoms with Gasteiger partial charge < -0.3 is 14.3 Å². The van der Waals surface area contributed by atoms with Gasteiger partial charge in [0.2, 0.25) is 0 Å². The lowest BCUT2D eigenvalue weighted by Crippen LogP contribution is -2.33. The average Bonchev–Trinajstić information content (AvgIpc) is 2.49. The molecule has 4 nitrogen and oxygen atoms in total. The fourth-order valence-corrected chi connectivity index (χ4v) is 2.85. The first-order valence-electron chi connectivity index (χ1n) is 7.05. The van der Waals surface area contributed by atoms with Gasteiger partial charge in [0, 0.05) is 0 Å². The molecule has 0 spiro atoms. The number of halogens is 2. The molecule has 0 radical (unpaired) electrons. The number of esters is 1. The fourth-order valence-electron chi connectivity index (χ4n) is 2.65. The van der Waals surface area contributed by atoms with Crippen LogP contribution in [0.3, 0.4) is 0 Å². The Morgan fingerprint density at radius 2 is 1.82 bits per heavy atom. The largest absolute Gasteiger partial charge is 0.710 e. The van der Waals surface area contributed by atoms with E-state index in [2.05, 4.69) is 16.5 Å². The Morgan fingerprint density at radius 3 is 2.36 bits per heavy atom. The van der Waals surface area contributed by atoms with E-state index in [-0.39, 0.29) is 0 Å². The maximum absolute atomic E-state index is 13.1. The van der Waals surface area contributed by atoms with E-state index in [0.717, 1.165) is 12.8 Å². The molecular weight excluding hydrogens is 314 g/mol. The smallest absolute Gasteiger partial charge is 0.412 e. The quantitative estimate of drug-likeness (QED) is 0.359. The van der Waals surface area contributed by atoms with Crippen LogP contribution in [0.25, 0.3) is 0 Å². The number of carbonyl (C=O) groups excluding carboxylic acids is 1. The second-order valence-electron chi connectivity index (χ2n) is 5.46. The molecule has 0 aliphatic heterocycles. The lowest BCUT2D eigenvalue weighted by molar-refractivity contribution is -0.630. The van der Waals surface area contributed by atoms with Crippen molar-refractivity contribution in [3.63, 3.8) is 0 Å². The molecule has 1 aromatic carbocycles. The first-order chi connectivity index (χ1) is 10.4. The zero-order chi connectivity index (χ0) is 16.2. The Labute approximate surface area is 131 Å². The minimum Gasteiger partial charge on any atom is -0.710 e. The van der Waals surface area contributed by atoms with Crippen LogP contribution < -0.4 is 5.26 Å². The van der Waals surface area contributed by atoms with Gasteiger partial charge in [0.1, 0.15) is 6.10 Å². The van der Waals surface area contributed by atoms with Crippen molar-refractivity contribution in [3.8, 4) is 0 Å². The molecule has 0 bridgehead atoms. The van der Waals surface area contributed by atoms with E-state index in [1.807, 2.05) is 19.1 Å². The monoisotopic (exact) mass is 331 g/mol. The lowest BCUT2D eigenvalue weighted by Gasteiger charge is -2.29. The minimum absolute atomic E-state index is 0.357. The van der Waals surface area contributed by atoms with Crippen molar-refractivity contribution in [2.24, 2.45) is 0 Å². The van der Waals surface area contributed by atoms with Crippen molar-refractivity contribution in [2.45, 2.75) is 49.9 Å². The Bertz CT molecular complexity index is 499. The molecule has 1 aliphatic rings. The summed E-state index contributed by atoms with van der Waals surface area (Å²) in [7, 11) is 0. The van der Waals surface area contributed by atoms with Crippen LogP contribution in [0, 0.1) is 6.92 Å². The Hall–Kier alpha value is -1.18. The number of rotatable bonds is 5. The van der Waals surface area contributed by atoms with Crippen LogP contribution in [-0.4, -0.2) is 17.3 Å². The second kappa shape index (κ2) is 7.39. The average molecular weight is 331 g/mol. The molecule has 0 unspecified atom stereocenters. The van der Waals surface area contributed by atoms with Crippen LogP contribution in [0.2, 0.25) is 0 Å². The molecule has 2 rings (SSSR count). The van der Waals surface area contributed by atoms with E-state index >= 15 is 0 Å². The lowest BCUT2D eigenvalue weighted by atomic mass is 9.82. The SMILES string of the molecule is Cc1ccc(C2CCC(OC(=O)C(F)(F)SO[O-])CC2)cc1. The second-order valence-corrected chi connectivity index (χ2v) is 6.27. The van der Waals surface area contributed by atoms with Gasteiger partial charge in [-0.2, -0.15) is 8.78 Å². The molecule has 0 saturated heterocycles. The summed E-state index contributed by atoms with van der Waals surface area (Å²) in [6.07, 6.45) is 2.08. The van der Waals surface area contributed by atoms with Crippen LogP contribution in [0.15, 0.2) is 24.3 Å². The molecule has 0 amide bonds. The Balaban J connectivity index is 1.84. The highest BCUT2D eigenvalue weighted by Crippen LogP contribution is 2.36. The summed E-state index contributed by atoms with van der Waals surface area (Å²) in [5, 5.41) is 5.78. The molecule has 0 atom stereocenters. The number of hydrogen-bond donors (Lipinski definition) is 0. The number of aryl methyl sites for hydroxylation is 1. The first-order valence-corrected chi connectivity index (χ1v) is 7.79. The minimum atomic E-state index is -3.96. The predicted molar refractivity (Wildman–Crippen MR) is 75.9 cm³/mol. The Morgan fingerprint density at radius 1 is 1.23 bits per heavy atom. The van der Waals surface area contributed by atoms with E-state index in [0.29, 0.717) is 18.8 Å². The van der Waals surface area contributed by atoms with Crippen molar-refractivity contribution >= 4 is 18.0 Å². The summed E-state index contributed by atoms with van der Waals surface area (Å²) in [5.74, 6) is -1.36. The standard InChI is InChI=1S/C15H18F2O4S/c1-10-2-4-11(5-3-10)12-6-8-13(9-7-12)20-14(18)15(16,17)22-21-19/h2-5,12-13,19H,6-9H2,1H3/p-1. The zero-order valence-corrected chi connectivity index (χ0v) is 12.9. The third-order valence-electron chi connectivity index (χ3n) is 3.87. The third-order valence-corrected chi connectivity index (χ3v) is 4.32. The number of hydrogen-bond acceptors (Lipinski definition) is 5. The summed E-state index contributed by atoms with van der Waals surface area (Å²) in [6, 6.07) is 8.23. The molecule has 1 fully saturated rings. The van der Waals surface area contributed by atoms with Gasteiger partial charge in [-0.25, -0.2) is 4.79 Å². The van der Waals surface area contributed by atoms with Crippen molar-refractivity contribution in [2.75, 3.05) is 0 Å². The number of carbonyl (C=O) groups is 1. The van der Waals surface area contributed by atoms with E-state index < -0.39 is 29.4 Å². The van der Waals surface area contributed by atoms with E-state index in [4.69, 9.17) is 4.74 Å². The highest BCUT2D eigenvalue weighted by molar-refractivity contribution is 7.96. The highest BCUT2D eigenvalue weighted by Gasteiger charge is 2.43. The maximum Gasteiger partial charge on any atom is 0.412 e. The van der Waals surface area contributed by atoms with Gasteiger partial charge in [-0.05, 0) is 44.1 Å². The molecule has 0 aromatic heterocycles.